The lowest BCUT2D eigenvalue weighted by atomic mass is 10.2. The zero-order chi connectivity index (χ0) is 13.2. The van der Waals surface area contributed by atoms with Gasteiger partial charge >= 0.3 is 10.2 Å². The molecule has 1 aliphatic heterocycles. The number of hydrogen-bond acceptors (Lipinski definition) is 4. The molecule has 1 amide bonds. The zero-order valence-electron chi connectivity index (χ0n) is 10.0. The van der Waals surface area contributed by atoms with E-state index in [2.05, 4.69) is 4.72 Å². The Balaban J connectivity index is 3.11. The van der Waals surface area contributed by atoms with Crippen LogP contribution in [0.2, 0.25) is 0 Å². The summed E-state index contributed by atoms with van der Waals surface area (Å²) in [5, 5.41) is 7.78. The molecule has 0 aromatic rings. The van der Waals surface area contributed by atoms with Gasteiger partial charge in [-0.25, -0.2) is 4.31 Å². The van der Waals surface area contributed by atoms with E-state index in [1.807, 2.05) is 0 Å². The number of hydrogen-bond donors (Lipinski definition) is 2. The third-order valence-electron chi connectivity index (χ3n) is 2.21. The Morgan fingerprint density at radius 2 is 2.12 bits per heavy atom. The molecule has 8 heteroatoms. The third-order valence-corrected chi connectivity index (χ3v) is 3.57. The normalized spacial score (nSPS) is 18.4. The van der Waals surface area contributed by atoms with E-state index in [0.717, 1.165) is 10.5 Å². The maximum absolute atomic E-state index is 11.7. The quantitative estimate of drug-likeness (QED) is 0.716. The van der Waals surface area contributed by atoms with Crippen LogP contribution in [0.25, 0.3) is 0 Å². The van der Waals surface area contributed by atoms with E-state index in [-0.39, 0.29) is 18.0 Å². The van der Waals surface area contributed by atoms with Crippen LogP contribution in [0.15, 0.2) is 11.8 Å². The van der Waals surface area contributed by atoms with Crippen molar-refractivity contribution >= 4 is 22.0 Å². The molecule has 0 bridgehead atoms. The summed E-state index contributed by atoms with van der Waals surface area (Å²) in [5.41, 5.74) is 0.0401. The van der Waals surface area contributed by atoms with E-state index in [9.17, 15) is 13.2 Å². The minimum Gasteiger partial charge on any atom is -0.345 e. The molecule has 0 unspecified atom stereocenters. The molecule has 0 aromatic heterocycles. The van der Waals surface area contributed by atoms with Crippen molar-refractivity contribution in [2.75, 3.05) is 20.6 Å². The first-order chi connectivity index (χ1) is 7.81. The summed E-state index contributed by atoms with van der Waals surface area (Å²) in [7, 11) is -0.625. The first kappa shape index (κ1) is 13.5. The lowest BCUT2D eigenvalue weighted by Gasteiger charge is -2.29. The zero-order valence-corrected chi connectivity index (χ0v) is 10.8. The highest BCUT2D eigenvalue weighted by Gasteiger charge is 2.33. The van der Waals surface area contributed by atoms with Crippen molar-refractivity contribution in [1.82, 2.24) is 13.9 Å². The van der Waals surface area contributed by atoms with Crippen molar-refractivity contribution in [3.05, 3.63) is 11.8 Å². The first-order valence-electron chi connectivity index (χ1n) is 5.12. The van der Waals surface area contributed by atoms with Crippen molar-refractivity contribution in [3.8, 4) is 0 Å². The Morgan fingerprint density at radius 3 is 2.59 bits per heavy atom. The Hall–Kier alpha value is -1.57. The Labute approximate surface area is 101 Å². The van der Waals surface area contributed by atoms with Crippen LogP contribution >= 0.6 is 0 Å². The van der Waals surface area contributed by atoms with Gasteiger partial charge in [0.05, 0.1) is 5.57 Å². The van der Waals surface area contributed by atoms with Gasteiger partial charge in [0.1, 0.15) is 5.84 Å². The smallest absolute Gasteiger partial charge is 0.324 e. The summed E-state index contributed by atoms with van der Waals surface area (Å²) < 4.78 is 26.3. The van der Waals surface area contributed by atoms with Crippen molar-refractivity contribution in [2.45, 2.75) is 13.3 Å². The number of likely N-dealkylation sites (N-methyl/N-ethyl adjacent to an activating group) is 1. The second kappa shape index (κ2) is 4.74. The highest BCUT2D eigenvalue weighted by Crippen LogP contribution is 2.14. The molecule has 0 radical (unpaired) electrons. The Morgan fingerprint density at radius 1 is 1.53 bits per heavy atom. The number of carbonyl (C=O) groups excluding carboxylic acids is 1. The summed E-state index contributed by atoms with van der Waals surface area (Å²) in [5.74, 6) is -0.692. The van der Waals surface area contributed by atoms with Crippen molar-refractivity contribution in [2.24, 2.45) is 0 Å². The third kappa shape index (κ3) is 2.57. The molecule has 1 heterocycles. The molecule has 0 saturated carbocycles. The summed E-state index contributed by atoms with van der Waals surface area (Å²) in [6.45, 7) is 1.97. The maximum Gasteiger partial charge on any atom is 0.324 e. The highest BCUT2D eigenvalue weighted by molar-refractivity contribution is 7.87. The molecule has 2 N–H and O–H groups in total. The maximum atomic E-state index is 11.7. The molecule has 7 nitrogen and oxygen atoms in total. The Bertz CT molecular complexity index is 467. The number of nitrogens with one attached hydrogen (secondary N) is 2. The molecular formula is C9H16N4O3S. The monoisotopic (exact) mass is 260 g/mol. The topological polar surface area (TPSA) is 93.6 Å². The van der Waals surface area contributed by atoms with Crippen molar-refractivity contribution in [1.29, 1.82) is 5.41 Å². The van der Waals surface area contributed by atoms with Gasteiger partial charge in [-0.15, -0.1) is 0 Å². The average molecular weight is 260 g/mol. The molecule has 0 spiro atoms. The molecule has 0 atom stereocenters. The second-order valence-corrected chi connectivity index (χ2v) is 5.43. The number of rotatable bonds is 3. The minimum absolute atomic E-state index is 0.0401. The highest BCUT2D eigenvalue weighted by atomic mass is 32.2. The summed E-state index contributed by atoms with van der Waals surface area (Å²) in [6, 6.07) is 0. The predicted molar refractivity (Wildman–Crippen MR) is 63.6 cm³/mol. The van der Waals surface area contributed by atoms with E-state index in [1.165, 1.54) is 4.90 Å². The largest absolute Gasteiger partial charge is 0.345 e. The second-order valence-electron chi connectivity index (χ2n) is 3.80. The molecule has 96 valence electrons. The van der Waals surface area contributed by atoms with Gasteiger partial charge in [-0.3, -0.25) is 14.9 Å². The minimum atomic E-state index is -3.72. The summed E-state index contributed by atoms with van der Waals surface area (Å²) in [4.78, 5) is 13.0. The van der Waals surface area contributed by atoms with E-state index >= 15 is 0 Å². The lowest BCUT2D eigenvalue weighted by Crippen LogP contribution is -2.49. The van der Waals surface area contributed by atoms with Gasteiger partial charge in [0.15, 0.2) is 0 Å². The SMILES string of the molecule is CCCN1C(=N)C(C(=O)N(C)C)=CNS1(=O)=O. The van der Waals surface area contributed by atoms with Gasteiger partial charge in [0, 0.05) is 26.8 Å². The standard InChI is InChI=1S/C9H16N4O3S/c1-4-5-13-8(10)7(9(14)12(2)3)6-11-17(13,15)16/h6,10-11H,4-5H2,1-3H3. The van der Waals surface area contributed by atoms with Gasteiger partial charge < -0.3 is 4.90 Å². The molecule has 1 rings (SSSR count). The van der Waals surface area contributed by atoms with Gasteiger partial charge in [-0.2, -0.15) is 8.42 Å². The number of amidine groups is 1. The molecule has 0 aromatic carbocycles. The van der Waals surface area contributed by atoms with Crippen LogP contribution < -0.4 is 4.72 Å². The van der Waals surface area contributed by atoms with E-state index < -0.39 is 16.1 Å². The Kier molecular flexibility index (Phi) is 3.76. The van der Waals surface area contributed by atoms with Crippen LogP contribution in [-0.2, 0) is 15.0 Å². The lowest BCUT2D eigenvalue weighted by molar-refractivity contribution is -0.124. The first-order valence-corrected chi connectivity index (χ1v) is 6.56. The van der Waals surface area contributed by atoms with Gasteiger partial charge in [-0.1, -0.05) is 6.92 Å². The molecular weight excluding hydrogens is 244 g/mol. The van der Waals surface area contributed by atoms with Gasteiger partial charge in [-0.05, 0) is 6.42 Å². The number of amides is 1. The van der Waals surface area contributed by atoms with E-state index in [1.54, 1.807) is 21.0 Å². The predicted octanol–water partition coefficient (Wildman–Crippen LogP) is -0.504. The number of carbonyl (C=O) groups is 1. The van der Waals surface area contributed by atoms with Gasteiger partial charge in [0.25, 0.3) is 5.91 Å². The van der Waals surface area contributed by atoms with Crippen LogP contribution in [0.3, 0.4) is 0 Å². The fourth-order valence-electron chi connectivity index (χ4n) is 1.36. The summed E-state index contributed by atoms with van der Waals surface area (Å²) in [6.07, 6.45) is 1.62. The molecule has 0 saturated heterocycles. The molecule has 0 aliphatic carbocycles. The number of nitrogens with zero attached hydrogens (tertiary/aromatic N) is 2. The molecule has 0 fully saturated rings. The van der Waals surface area contributed by atoms with E-state index in [0.29, 0.717) is 6.42 Å². The van der Waals surface area contributed by atoms with Crippen molar-refractivity contribution in [3.63, 3.8) is 0 Å². The van der Waals surface area contributed by atoms with Crippen LogP contribution in [-0.4, -0.2) is 50.0 Å². The van der Waals surface area contributed by atoms with Crippen LogP contribution in [0.4, 0.5) is 0 Å². The molecule has 17 heavy (non-hydrogen) atoms. The van der Waals surface area contributed by atoms with Crippen molar-refractivity contribution < 1.29 is 13.2 Å². The fourth-order valence-corrected chi connectivity index (χ4v) is 2.51. The van der Waals surface area contributed by atoms with Gasteiger partial charge in [0.2, 0.25) is 0 Å². The van der Waals surface area contributed by atoms with Crippen LogP contribution in [0, 0.1) is 5.41 Å². The molecule has 1 aliphatic rings. The average Bonchev–Trinajstić information content (AvgIpc) is 2.23. The summed E-state index contributed by atoms with van der Waals surface area (Å²) >= 11 is 0. The van der Waals surface area contributed by atoms with E-state index in [4.69, 9.17) is 5.41 Å². The fraction of sp³-hybridized carbons (Fsp3) is 0.556. The van der Waals surface area contributed by atoms with Crippen LogP contribution in [0.5, 0.6) is 0 Å². The van der Waals surface area contributed by atoms with Crippen LogP contribution in [0.1, 0.15) is 13.3 Å².